The van der Waals surface area contributed by atoms with E-state index in [1.165, 1.54) is 71.9 Å². The number of benzene rings is 10. The highest BCUT2D eigenvalue weighted by Crippen LogP contribution is 2.49. The van der Waals surface area contributed by atoms with Gasteiger partial charge in [-0.25, -0.2) is 0 Å². The lowest BCUT2D eigenvalue weighted by Gasteiger charge is -2.30. The van der Waals surface area contributed by atoms with Crippen LogP contribution >= 0.6 is 0 Å². The Bertz CT molecular complexity index is 3310. The van der Waals surface area contributed by atoms with Crippen LogP contribution in [0, 0.1) is 0 Å². The molecule has 292 valence electrons. The molecule has 2 nitrogen and oxygen atoms in total. The van der Waals surface area contributed by atoms with Crippen LogP contribution < -0.4 is 4.90 Å². The number of hydrogen-bond acceptors (Lipinski definition) is 1. The molecule has 0 N–H and O–H groups in total. The van der Waals surface area contributed by atoms with E-state index in [0.29, 0.717) is 0 Å². The quantitative estimate of drug-likeness (QED) is 0.141. The highest BCUT2D eigenvalue weighted by atomic mass is 15.1. The SMILES string of the molecule is c1ccc(-c2cccc(-c3ccc(N(c4ccc5c6ccccc6n(-c6ccccc6)c5c4)c4cccc(-c5ccccc5)c4-c4ccccc4-c4ccccc4)cc3)c2)cc1. The van der Waals surface area contributed by atoms with E-state index in [1.807, 2.05) is 0 Å². The maximum Gasteiger partial charge on any atom is 0.0561 e. The van der Waals surface area contributed by atoms with Gasteiger partial charge in [-0.15, -0.1) is 0 Å². The summed E-state index contributed by atoms with van der Waals surface area (Å²) < 4.78 is 2.40. The molecule has 0 saturated carbocycles. The van der Waals surface area contributed by atoms with Crippen LogP contribution in [0.2, 0.25) is 0 Å². The number of anilines is 3. The minimum Gasteiger partial charge on any atom is -0.310 e. The summed E-state index contributed by atoms with van der Waals surface area (Å²) in [6.45, 7) is 0. The normalized spacial score (nSPS) is 11.2. The zero-order valence-electron chi connectivity index (χ0n) is 34.1. The summed E-state index contributed by atoms with van der Waals surface area (Å²) >= 11 is 0. The summed E-state index contributed by atoms with van der Waals surface area (Å²) in [5, 5.41) is 2.45. The smallest absolute Gasteiger partial charge is 0.0561 e. The number of hydrogen-bond donors (Lipinski definition) is 0. The lowest BCUT2D eigenvalue weighted by molar-refractivity contribution is 1.18. The molecular formula is C60H42N2. The fraction of sp³-hybridized carbons (Fsp3) is 0. The molecule has 11 rings (SSSR count). The first-order valence-corrected chi connectivity index (χ1v) is 21.3. The Morgan fingerprint density at radius 1 is 0.274 bits per heavy atom. The highest BCUT2D eigenvalue weighted by molar-refractivity contribution is 6.11. The van der Waals surface area contributed by atoms with E-state index >= 15 is 0 Å². The third kappa shape index (κ3) is 6.74. The average Bonchev–Trinajstić information content (AvgIpc) is 3.69. The van der Waals surface area contributed by atoms with Gasteiger partial charge in [0.25, 0.3) is 0 Å². The van der Waals surface area contributed by atoms with Crippen LogP contribution in [-0.4, -0.2) is 4.57 Å². The monoisotopic (exact) mass is 790 g/mol. The Morgan fingerprint density at radius 3 is 1.45 bits per heavy atom. The molecule has 11 aromatic rings. The van der Waals surface area contributed by atoms with Crippen molar-refractivity contribution in [3.05, 3.63) is 255 Å². The van der Waals surface area contributed by atoms with Gasteiger partial charge >= 0.3 is 0 Å². The molecule has 10 aromatic carbocycles. The summed E-state index contributed by atoms with van der Waals surface area (Å²) in [6.07, 6.45) is 0. The molecule has 0 radical (unpaired) electrons. The van der Waals surface area contributed by atoms with E-state index in [2.05, 4.69) is 264 Å². The molecule has 0 unspecified atom stereocenters. The van der Waals surface area contributed by atoms with Crippen LogP contribution in [0.4, 0.5) is 17.1 Å². The maximum absolute atomic E-state index is 2.46. The van der Waals surface area contributed by atoms with Crippen LogP contribution in [0.5, 0.6) is 0 Å². The molecule has 0 bridgehead atoms. The van der Waals surface area contributed by atoms with Crippen molar-refractivity contribution in [2.45, 2.75) is 0 Å². The molecule has 0 spiro atoms. The van der Waals surface area contributed by atoms with Gasteiger partial charge in [0, 0.05) is 33.4 Å². The fourth-order valence-corrected chi connectivity index (χ4v) is 9.13. The number of nitrogens with zero attached hydrogens (tertiary/aromatic N) is 2. The molecule has 0 fully saturated rings. The van der Waals surface area contributed by atoms with E-state index < -0.39 is 0 Å². The second-order valence-electron chi connectivity index (χ2n) is 15.7. The Morgan fingerprint density at radius 2 is 0.758 bits per heavy atom. The van der Waals surface area contributed by atoms with Crippen LogP contribution in [-0.2, 0) is 0 Å². The van der Waals surface area contributed by atoms with Crippen molar-refractivity contribution in [3.63, 3.8) is 0 Å². The molecule has 0 atom stereocenters. The number of fused-ring (bicyclic) bond motifs is 3. The molecule has 0 saturated heterocycles. The van der Waals surface area contributed by atoms with Crippen molar-refractivity contribution in [1.29, 1.82) is 0 Å². The first-order chi connectivity index (χ1) is 30.8. The second-order valence-corrected chi connectivity index (χ2v) is 15.7. The van der Waals surface area contributed by atoms with E-state index in [1.54, 1.807) is 0 Å². The standard InChI is InChI=1S/C60H42N2/c1-5-19-43(20-6-1)47-25-17-26-48(41-47)44-35-37-50(38-36-44)61(51-39-40-55-54-30-15-16-33-57(54)62(59(55)42-51)49-27-11-4-12-28-49)58-34-18-32-53(46-23-9-3-10-24-46)60(58)56-31-14-13-29-52(56)45-21-7-2-8-22-45/h1-42H. The first kappa shape index (κ1) is 36.8. The van der Waals surface area contributed by atoms with Crippen LogP contribution in [0.25, 0.3) is 83.1 Å². The van der Waals surface area contributed by atoms with Gasteiger partial charge in [-0.2, -0.15) is 0 Å². The molecule has 0 aliphatic carbocycles. The van der Waals surface area contributed by atoms with E-state index in [4.69, 9.17) is 0 Å². The third-order valence-electron chi connectivity index (χ3n) is 12.0. The van der Waals surface area contributed by atoms with Gasteiger partial charge in [0.1, 0.15) is 0 Å². The maximum atomic E-state index is 2.46. The summed E-state index contributed by atoms with van der Waals surface area (Å²) in [7, 11) is 0. The number of aromatic nitrogens is 1. The fourth-order valence-electron chi connectivity index (χ4n) is 9.13. The van der Waals surface area contributed by atoms with Crippen LogP contribution in [0.3, 0.4) is 0 Å². The minimum absolute atomic E-state index is 1.07. The van der Waals surface area contributed by atoms with Gasteiger partial charge in [0.15, 0.2) is 0 Å². The van der Waals surface area contributed by atoms with Crippen molar-refractivity contribution in [3.8, 4) is 61.3 Å². The topological polar surface area (TPSA) is 8.17 Å². The predicted octanol–water partition coefficient (Wildman–Crippen LogP) is 16.6. The zero-order valence-corrected chi connectivity index (χ0v) is 34.1. The van der Waals surface area contributed by atoms with Gasteiger partial charge in [0.05, 0.1) is 16.7 Å². The summed E-state index contributed by atoms with van der Waals surface area (Å²) in [5.74, 6) is 0. The lowest BCUT2D eigenvalue weighted by atomic mass is 9.87. The average molecular weight is 791 g/mol. The largest absolute Gasteiger partial charge is 0.310 e. The Labute approximate surface area is 362 Å². The molecule has 0 aliphatic heterocycles. The van der Waals surface area contributed by atoms with E-state index in [9.17, 15) is 0 Å². The van der Waals surface area contributed by atoms with Crippen molar-refractivity contribution in [2.24, 2.45) is 0 Å². The van der Waals surface area contributed by atoms with Crippen LogP contribution in [0.1, 0.15) is 0 Å². The Kier molecular flexibility index (Phi) is 9.57. The third-order valence-corrected chi connectivity index (χ3v) is 12.0. The van der Waals surface area contributed by atoms with Gasteiger partial charge in [-0.05, 0) is 105 Å². The van der Waals surface area contributed by atoms with Gasteiger partial charge in [-0.3, -0.25) is 0 Å². The molecule has 2 heteroatoms. The molecule has 62 heavy (non-hydrogen) atoms. The summed E-state index contributed by atoms with van der Waals surface area (Å²) in [5.41, 5.74) is 18.5. The predicted molar refractivity (Wildman–Crippen MR) is 263 cm³/mol. The Hall–Kier alpha value is -8.20. The van der Waals surface area contributed by atoms with E-state index in [0.717, 1.165) is 28.3 Å². The van der Waals surface area contributed by atoms with Crippen molar-refractivity contribution in [2.75, 3.05) is 4.90 Å². The number of para-hydroxylation sites is 2. The number of rotatable bonds is 9. The van der Waals surface area contributed by atoms with Crippen molar-refractivity contribution in [1.82, 2.24) is 4.57 Å². The van der Waals surface area contributed by atoms with Crippen LogP contribution in [0.15, 0.2) is 255 Å². The zero-order chi connectivity index (χ0) is 41.2. The minimum atomic E-state index is 1.07. The summed E-state index contributed by atoms with van der Waals surface area (Å²) in [4.78, 5) is 2.46. The van der Waals surface area contributed by atoms with Gasteiger partial charge in [0.2, 0.25) is 0 Å². The molecule has 1 aromatic heterocycles. The van der Waals surface area contributed by atoms with Gasteiger partial charge < -0.3 is 9.47 Å². The van der Waals surface area contributed by atoms with Crippen molar-refractivity contribution >= 4 is 38.9 Å². The lowest BCUT2D eigenvalue weighted by Crippen LogP contribution is -2.12. The highest BCUT2D eigenvalue weighted by Gasteiger charge is 2.24. The molecule has 0 aliphatic rings. The van der Waals surface area contributed by atoms with Crippen molar-refractivity contribution < 1.29 is 0 Å². The second kappa shape index (κ2) is 16.1. The first-order valence-electron chi connectivity index (χ1n) is 21.3. The molecule has 1 heterocycles. The van der Waals surface area contributed by atoms with Gasteiger partial charge in [-0.1, -0.05) is 200 Å². The summed E-state index contributed by atoms with van der Waals surface area (Å²) in [6, 6.07) is 92.2. The molecule has 0 amide bonds. The molecular weight excluding hydrogens is 749 g/mol. The Balaban J connectivity index is 1.17. The van der Waals surface area contributed by atoms with E-state index in [-0.39, 0.29) is 0 Å².